The molecule has 5 N–H and O–H groups in total. The average molecular weight is 1180 g/mol. The first-order valence-electron chi connectivity index (χ1n) is 27.0. The van der Waals surface area contributed by atoms with Crippen LogP contribution in [0.3, 0.4) is 0 Å². The minimum Gasteiger partial charge on any atom is -0.391 e. The van der Waals surface area contributed by atoms with Crippen LogP contribution in [0.15, 0.2) is 60.2 Å². The highest BCUT2D eigenvalue weighted by Crippen LogP contribution is 2.31. The molecule has 5 amide bonds. The molecule has 3 atom stereocenters. The number of likely N-dealkylation sites (tertiary alicyclic amines) is 1. The van der Waals surface area contributed by atoms with Crippen LogP contribution in [-0.4, -0.2) is 181 Å². The number of halogens is 1. The van der Waals surface area contributed by atoms with Crippen LogP contribution in [0.25, 0.3) is 10.4 Å². The van der Waals surface area contributed by atoms with Gasteiger partial charge in [0.05, 0.1) is 112 Å². The lowest BCUT2D eigenvalue weighted by Crippen LogP contribution is -2.57. The van der Waals surface area contributed by atoms with Crippen LogP contribution in [0.1, 0.15) is 72.4 Å². The number of carbonyl (C=O) groups excluding carboxylic acids is 5. The van der Waals surface area contributed by atoms with Gasteiger partial charge >= 0.3 is 0 Å². The number of hydrogen-bond acceptors (Lipinski definition) is 19. The zero-order valence-electron chi connectivity index (χ0n) is 46.8. The minimum absolute atomic E-state index is 0.0131. The second-order valence-electron chi connectivity index (χ2n) is 20.6. The van der Waals surface area contributed by atoms with Crippen molar-refractivity contribution >= 4 is 86.3 Å². The molecule has 25 heteroatoms. The van der Waals surface area contributed by atoms with E-state index in [2.05, 4.69) is 46.1 Å². The Morgan fingerprint density at radius 1 is 0.815 bits per heavy atom. The number of nitrogens with one attached hydrogen (secondary N) is 4. The lowest BCUT2D eigenvalue weighted by molar-refractivity contribution is -0.144. The molecule has 2 aromatic carbocycles. The van der Waals surface area contributed by atoms with E-state index in [0.717, 1.165) is 33.1 Å². The molecule has 0 aliphatic carbocycles. The topological polar surface area (TPSA) is 261 Å². The molecule has 2 saturated heterocycles. The molecule has 0 spiro atoms. The number of amides is 5. The number of carbonyl (C=O) groups is 5. The number of piperazine rings is 1. The highest BCUT2D eigenvalue weighted by molar-refractivity contribution is 7.17. The van der Waals surface area contributed by atoms with E-state index in [9.17, 15) is 29.1 Å². The van der Waals surface area contributed by atoms with Crippen molar-refractivity contribution in [1.29, 1.82) is 0 Å². The van der Waals surface area contributed by atoms with Crippen LogP contribution in [0.5, 0.6) is 0 Å². The summed E-state index contributed by atoms with van der Waals surface area (Å²) in [4.78, 5) is 91.0. The number of aliphatic hydroxyl groups is 1. The highest BCUT2D eigenvalue weighted by atomic mass is 35.5. The fraction of sp³-hybridized carbons (Fsp3) is 0.518. The van der Waals surface area contributed by atoms with Gasteiger partial charge in [-0.25, -0.2) is 19.9 Å². The number of thiazole rings is 2. The van der Waals surface area contributed by atoms with Crippen LogP contribution in [0.4, 0.5) is 22.5 Å². The van der Waals surface area contributed by atoms with Crippen molar-refractivity contribution < 1.29 is 52.8 Å². The molecule has 0 bridgehead atoms. The maximum atomic E-state index is 14.0. The quantitative estimate of drug-likeness (QED) is 0.0346. The summed E-state index contributed by atoms with van der Waals surface area (Å²) in [6.07, 6.45) is 1.01. The van der Waals surface area contributed by atoms with Crippen molar-refractivity contribution in [1.82, 2.24) is 40.4 Å². The second kappa shape index (κ2) is 30.7. The Kier molecular flexibility index (Phi) is 23.7. The number of hydrogen-bond donors (Lipinski definition) is 5. The summed E-state index contributed by atoms with van der Waals surface area (Å²) >= 11 is 9.06. The predicted molar refractivity (Wildman–Crippen MR) is 310 cm³/mol. The van der Waals surface area contributed by atoms with Gasteiger partial charge in [-0.3, -0.25) is 24.0 Å². The zero-order valence-corrected chi connectivity index (χ0v) is 49.2. The third kappa shape index (κ3) is 18.9. The van der Waals surface area contributed by atoms with Crippen molar-refractivity contribution in [2.45, 2.75) is 85.5 Å². The summed E-state index contributed by atoms with van der Waals surface area (Å²) in [7, 11) is 0. The second-order valence-corrected chi connectivity index (χ2v) is 22.9. The molecule has 5 heterocycles. The van der Waals surface area contributed by atoms with Gasteiger partial charge in [0.25, 0.3) is 5.91 Å². The number of nitrogens with zero attached hydrogens (tertiary/aromatic N) is 7. The Hall–Kier alpha value is -6.22. The Morgan fingerprint density at radius 2 is 1.46 bits per heavy atom. The van der Waals surface area contributed by atoms with Gasteiger partial charge in [-0.2, -0.15) is 0 Å². The molecule has 0 radical (unpaired) electrons. The highest BCUT2D eigenvalue weighted by Gasteiger charge is 2.44. The van der Waals surface area contributed by atoms with E-state index in [0.29, 0.717) is 105 Å². The maximum absolute atomic E-state index is 14.0. The van der Waals surface area contributed by atoms with Gasteiger partial charge in [0, 0.05) is 58.2 Å². The van der Waals surface area contributed by atoms with Crippen LogP contribution in [0.2, 0.25) is 5.02 Å². The SMILES string of the molecule is Cc1nc(Nc2ncc(C(=O)Nc3c(C)cccc3Cl)s2)cc(N2CCN(C(=O)CCOCCOCCOCCOCCOCCC(=O)N[C@H](C(=O)N3C[C@H](O)C[C@H]3C(=O)NCc3ccc(-c4scnc4C)cc3)C(C)(C)C)CC2)n1. The number of aromatic nitrogens is 4. The lowest BCUT2D eigenvalue weighted by atomic mass is 9.85. The molecule has 22 nitrogen and oxygen atoms in total. The first kappa shape index (κ1) is 62.4. The first-order chi connectivity index (χ1) is 38.9. The number of β-amino-alcohol motifs (C(OH)–C–C–N with tert-alkyl or cyclic N) is 1. The van der Waals surface area contributed by atoms with Gasteiger partial charge in [-0.15, -0.1) is 11.3 Å². The third-order valence-corrected chi connectivity index (χ3v) is 15.5. The molecule has 81 heavy (non-hydrogen) atoms. The number of ether oxygens (including phenoxy) is 5. The van der Waals surface area contributed by atoms with Gasteiger partial charge in [0.15, 0.2) is 5.13 Å². The van der Waals surface area contributed by atoms with Gasteiger partial charge < -0.3 is 64.8 Å². The van der Waals surface area contributed by atoms with E-state index >= 15 is 0 Å². The van der Waals surface area contributed by atoms with E-state index in [1.807, 2.05) is 94.4 Å². The maximum Gasteiger partial charge on any atom is 0.267 e. The Morgan fingerprint density at radius 3 is 2.07 bits per heavy atom. The summed E-state index contributed by atoms with van der Waals surface area (Å²) in [5.74, 6) is 0.370. The van der Waals surface area contributed by atoms with Gasteiger partial charge in [-0.1, -0.05) is 80.1 Å². The van der Waals surface area contributed by atoms with Gasteiger partial charge in [0.1, 0.15) is 34.4 Å². The summed E-state index contributed by atoms with van der Waals surface area (Å²) in [5.41, 5.74) is 5.44. The fourth-order valence-electron chi connectivity index (χ4n) is 8.95. The van der Waals surface area contributed by atoms with Crippen LogP contribution >= 0.6 is 34.3 Å². The monoisotopic (exact) mass is 1180 g/mol. The normalized spacial score (nSPS) is 15.9. The van der Waals surface area contributed by atoms with E-state index in [-0.39, 0.29) is 75.8 Å². The van der Waals surface area contributed by atoms with Crippen LogP contribution in [0, 0.1) is 26.2 Å². The molecule has 2 fully saturated rings. The number of aliphatic hydroxyl groups excluding tert-OH is 1. The molecule has 3 aromatic heterocycles. The predicted octanol–water partition coefficient (Wildman–Crippen LogP) is 5.95. The molecule has 0 saturated carbocycles. The Bertz CT molecular complexity index is 2860. The van der Waals surface area contributed by atoms with Gasteiger partial charge in [0.2, 0.25) is 23.6 Å². The summed E-state index contributed by atoms with van der Waals surface area (Å²) in [5, 5.41) is 23.4. The molecule has 2 aliphatic rings. The molecular weight excluding hydrogens is 1100 g/mol. The molecule has 2 aliphatic heterocycles. The Balaban J connectivity index is 0.675. The fourth-order valence-corrected chi connectivity index (χ4v) is 10.8. The first-order valence-corrected chi connectivity index (χ1v) is 29.1. The third-order valence-electron chi connectivity index (χ3n) is 13.3. The van der Waals surface area contributed by atoms with Crippen molar-refractivity contribution in [2.24, 2.45) is 5.41 Å². The smallest absolute Gasteiger partial charge is 0.267 e. The van der Waals surface area contributed by atoms with E-state index in [1.54, 1.807) is 17.4 Å². The van der Waals surface area contributed by atoms with E-state index < -0.39 is 29.5 Å². The van der Waals surface area contributed by atoms with E-state index in [4.69, 9.17) is 35.3 Å². The van der Waals surface area contributed by atoms with E-state index in [1.165, 1.54) is 22.4 Å². The van der Waals surface area contributed by atoms with Crippen molar-refractivity contribution in [2.75, 3.05) is 114 Å². The van der Waals surface area contributed by atoms with Crippen molar-refractivity contribution in [3.63, 3.8) is 0 Å². The molecule has 0 unspecified atom stereocenters. The largest absolute Gasteiger partial charge is 0.391 e. The number of benzene rings is 2. The minimum atomic E-state index is -0.939. The lowest BCUT2D eigenvalue weighted by Gasteiger charge is -2.35. The summed E-state index contributed by atoms with van der Waals surface area (Å²) < 4.78 is 28.0. The standard InChI is InChI=1S/C56H74ClN11O11S2/c1-36-8-7-9-42(57)49(36)65-53(73)44-33-59-55(81-44)63-45-31-46(62-38(3)61-45)66-16-18-67(19-17-66)48(71)15-21-76-23-25-78-27-29-79-28-26-77-24-22-75-20-14-47(70)64-51(56(4,5)6)54(74)68-34-41(69)30-43(68)52(72)58-32-39-10-12-40(13-11-39)50-37(2)60-35-80-50/h7-13,31,33,35,41,43,51,69H,14-30,32,34H2,1-6H3,(H,58,72)(H,64,70)(H,65,73)(H,59,61,62,63)/t41-,43+,51-/m1/s1. The summed E-state index contributed by atoms with van der Waals surface area (Å²) in [6.45, 7) is 16.8. The van der Waals surface area contributed by atoms with Gasteiger partial charge in [-0.05, 0) is 48.9 Å². The number of para-hydroxylation sites is 1. The number of anilines is 4. The Labute approximate surface area is 485 Å². The molecule has 5 aromatic rings. The average Bonchev–Trinajstić information content (AvgIpc) is 4.22. The van der Waals surface area contributed by atoms with Crippen molar-refractivity contribution in [3.05, 3.63) is 92.8 Å². The van der Waals surface area contributed by atoms with Crippen LogP contribution in [-0.2, 0) is 49.4 Å². The molecule has 7 rings (SSSR count). The number of rotatable bonds is 29. The molecular formula is C56H74ClN11O11S2. The van der Waals surface area contributed by atoms with Crippen LogP contribution < -0.4 is 26.2 Å². The number of aryl methyl sites for hydroxylation is 3. The molecule has 438 valence electrons. The van der Waals surface area contributed by atoms with Crippen molar-refractivity contribution in [3.8, 4) is 10.4 Å². The zero-order chi connectivity index (χ0) is 57.9. The summed E-state index contributed by atoms with van der Waals surface area (Å²) in [6, 6.07) is 13.3.